The maximum atomic E-state index is 6.46. The van der Waals surface area contributed by atoms with E-state index in [0.717, 1.165) is 34.9 Å². The molecule has 1 saturated carbocycles. The normalized spacial score (nSPS) is 16.5. The van der Waals surface area contributed by atoms with Gasteiger partial charge in [-0.1, -0.05) is 44.2 Å². The molecule has 1 aliphatic rings. The molecule has 2 aromatic rings. The van der Waals surface area contributed by atoms with Gasteiger partial charge in [0.15, 0.2) is 0 Å². The average molecular weight is 278 g/mol. The van der Waals surface area contributed by atoms with Crippen LogP contribution >= 0.6 is 11.6 Å². The zero-order chi connectivity index (χ0) is 13.2. The number of rotatable bonds is 4. The van der Waals surface area contributed by atoms with E-state index < -0.39 is 0 Å². The molecule has 102 valence electrons. The molecule has 0 saturated heterocycles. The maximum absolute atomic E-state index is 6.46. The first-order valence-electron chi connectivity index (χ1n) is 7.27. The molecule has 2 heterocycles. The van der Waals surface area contributed by atoms with Gasteiger partial charge in [0.25, 0.3) is 0 Å². The Kier molecular flexibility index (Phi) is 3.74. The first-order chi connectivity index (χ1) is 9.31. The lowest BCUT2D eigenvalue weighted by Crippen LogP contribution is -2.07. The fourth-order valence-corrected chi connectivity index (χ4v) is 3.66. The maximum Gasteiger partial charge on any atom is 0.145 e. The third-order valence-corrected chi connectivity index (χ3v) is 4.75. The smallest absolute Gasteiger partial charge is 0.145 e. The summed E-state index contributed by atoms with van der Waals surface area (Å²) in [5.74, 6) is 0.891. The summed E-state index contributed by atoms with van der Waals surface area (Å²) in [4.78, 5) is 8.51. The van der Waals surface area contributed by atoms with Crippen LogP contribution in [0.2, 0.25) is 5.02 Å². The van der Waals surface area contributed by atoms with Crippen molar-refractivity contribution in [2.45, 2.75) is 52.0 Å². The van der Waals surface area contributed by atoms with Crippen molar-refractivity contribution >= 4 is 22.6 Å². The average Bonchev–Trinajstić information content (AvgIpc) is 3.04. The highest BCUT2D eigenvalue weighted by Crippen LogP contribution is 2.32. The second-order valence-electron chi connectivity index (χ2n) is 5.47. The van der Waals surface area contributed by atoms with Gasteiger partial charge in [0, 0.05) is 18.4 Å². The molecule has 1 aliphatic carbocycles. The molecule has 1 fully saturated rings. The molecule has 4 heteroatoms. The van der Waals surface area contributed by atoms with Crippen molar-refractivity contribution < 1.29 is 0 Å². The zero-order valence-corrected chi connectivity index (χ0v) is 12.2. The van der Waals surface area contributed by atoms with Crippen LogP contribution in [0.5, 0.6) is 0 Å². The van der Waals surface area contributed by atoms with Crippen LogP contribution in [0.4, 0.5) is 0 Å². The number of halogens is 1. The van der Waals surface area contributed by atoms with E-state index >= 15 is 0 Å². The Morgan fingerprint density at radius 2 is 2.16 bits per heavy atom. The Labute approximate surface area is 119 Å². The van der Waals surface area contributed by atoms with Crippen LogP contribution in [-0.4, -0.2) is 14.5 Å². The fourth-order valence-electron chi connectivity index (χ4n) is 3.29. The van der Waals surface area contributed by atoms with Crippen molar-refractivity contribution in [2.24, 2.45) is 5.92 Å². The minimum Gasteiger partial charge on any atom is -0.328 e. The molecule has 2 aromatic heterocycles. The van der Waals surface area contributed by atoms with Gasteiger partial charge in [0.1, 0.15) is 12.0 Å². The third-order valence-electron chi connectivity index (χ3n) is 4.33. The van der Waals surface area contributed by atoms with Gasteiger partial charge in [-0.15, -0.1) is 0 Å². The molecule has 0 radical (unpaired) electrons. The molecule has 0 aliphatic heterocycles. The minimum atomic E-state index is 0.838. The molecule has 3 nitrogen and oxygen atoms in total. The standard InChI is InChI=1S/C15H20ClN3/c1-2-13-14(16)12-9-17-10-18-15(12)19(13)8-7-11-5-3-4-6-11/h9-11H,2-8H2,1H3. The van der Waals surface area contributed by atoms with Gasteiger partial charge in [-0.3, -0.25) is 0 Å². The summed E-state index contributed by atoms with van der Waals surface area (Å²) in [5, 5.41) is 1.83. The zero-order valence-electron chi connectivity index (χ0n) is 11.4. The summed E-state index contributed by atoms with van der Waals surface area (Å²) < 4.78 is 2.30. The minimum absolute atomic E-state index is 0.838. The Bertz CT molecular complexity index is 570. The van der Waals surface area contributed by atoms with Crippen molar-refractivity contribution in [1.82, 2.24) is 14.5 Å². The predicted molar refractivity (Wildman–Crippen MR) is 78.5 cm³/mol. The van der Waals surface area contributed by atoms with E-state index in [0.29, 0.717) is 0 Å². The SMILES string of the molecule is CCc1c(Cl)c2cncnc2n1CCC1CCCC1. The van der Waals surface area contributed by atoms with Crippen LogP contribution in [0.15, 0.2) is 12.5 Å². The van der Waals surface area contributed by atoms with Crippen LogP contribution in [0, 0.1) is 5.92 Å². The van der Waals surface area contributed by atoms with Gasteiger partial charge in [0.05, 0.1) is 10.4 Å². The molecule has 19 heavy (non-hydrogen) atoms. The van der Waals surface area contributed by atoms with Crippen LogP contribution in [0.25, 0.3) is 11.0 Å². The number of nitrogens with zero attached hydrogens (tertiary/aromatic N) is 3. The Balaban J connectivity index is 1.91. The van der Waals surface area contributed by atoms with E-state index in [-0.39, 0.29) is 0 Å². The van der Waals surface area contributed by atoms with E-state index in [1.165, 1.54) is 37.8 Å². The van der Waals surface area contributed by atoms with Gasteiger partial charge in [-0.2, -0.15) is 0 Å². The Hall–Kier alpha value is -1.09. The monoisotopic (exact) mass is 277 g/mol. The van der Waals surface area contributed by atoms with E-state index in [1.54, 1.807) is 6.33 Å². The van der Waals surface area contributed by atoms with E-state index in [9.17, 15) is 0 Å². The first-order valence-corrected chi connectivity index (χ1v) is 7.65. The largest absolute Gasteiger partial charge is 0.328 e. The molecule has 0 N–H and O–H groups in total. The fraction of sp³-hybridized carbons (Fsp3) is 0.600. The molecule has 0 unspecified atom stereocenters. The molecule has 0 atom stereocenters. The van der Waals surface area contributed by atoms with Gasteiger partial charge >= 0.3 is 0 Å². The highest BCUT2D eigenvalue weighted by atomic mass is 35.5. The summed E-state index contributed by atoms with van der Waals surface area (Å²) in [6.45, 7) is 3.19. The van der Waals surface area contributed by atoms with E-state index in [4.69, 9.17) is 11.6 Å². The van der Waals surface area contributed by atoms with Crippen LogP contribution < -0.4 is 0 Å². The van der Waals surface area contributed by atoms with Crippen LogP contribution in [0.1, 0.15) is 44.7 Å². The number of fused-ring (bicyclic) bond motifs is 1. The molecule has 0 aromatic carbocycles. The summed E-state index contributed by atoms with van der Waals surface area (Å²) in [5.41, 5.74) is 2.20. The molecular formula is C15H20ClN3. The van der Waals surface area contributed by atoms with Crippen LogP contribution in [-0.2, 0) is 13.0 Å². The lowest BCUT2D eigenvalue weighted by molar-refractivity contribution is 0.458. The predicted octanol–water partition coefficient (Wildman–Crippen LogP) is 4.23. The third kappa shape index (κ3) is 2.36. The molecule has 3 rings (SSSR count). The second-order valence-corrected chi connectivity index (χ2v) is 5.84. The molecule has 0 bridgehead atoms. The summed E-state index contributed by atoms with van der Waals surface area (Å²) in [6.07, 6.45) is 11.2. The molecule has 0 spiro atoms. The lowest BCUT2D eigenvalue weighted by atomic mass is 10.0. The second kappa shape index (κ2) is 5.49. The molecular weight excluding hydrogens is 258 g/mol. The van der Waals surface area contributed by atoms with Gasteiger partial charge < -0.3 is 4.57 Å². The highest BCUT2D eigenvalue weighted by Gasteiger charge is 2.18. The lowest BCUT2D eigenvalue weighted by Gasteiger charge is -2.12. The van der Waals surface area contributed by atoms with Crippen molar-refractivity contribution in [3.05, 3.63) is 23.2 Å². The van der Waals surface area contributed by atoms with E-state index in [2.05, 4.69) is 21.5 Å². The van der Waals surface area contributed by atoms with Gasteiger partial charge in [-0.25, -0.2) is 9.97 Å². The van der Waals surface area contributed by atoms with E-state index in [1.807, 2.05) is 6.20 Å². The number of hydrogen-bond donors (Lipinski definition) is 0. The number of aryl methyl sites for hydroxylation is 1. The Morgan fingerprint density at radius 3 is 2.89 bits per heavy atom. The number of hydrogen-bond acceptors (Lipinski definition) is 2. The topological polar surface area (TPSA) is 30.7 Å². The summed E-state index contributed by atoms with van der Waals surface area (Å²) in [7, 11) is 0. The quantitative estimate of drug-likeness (QED) is 0.837. The van der Waals surface area contributed by atoms with Gasteiger partial charge in [-0.05, 0) is 18.8 Å². The summed E-state index contributed by atoms with van der Waals surface area (Å²) >= 11 is 6.46. The van der Waals surface area contributed by atoms with Crippen molar-refractivity contribution in [3.63, 3.8) is 0 Å². The Morgan fingerprint density at radius 1 is 1.37 bits per heavy atom. The van der Waals surface area contributed by atoms with Gasteiger partial charge in [0.2, 0.25) is 0 Å². The number of aromatic nitrogens is 3. The van der Waals surface area contributed by atoms with Crippen LogP contribution in [0.3, 0.4) is 0 Å². The van der Waals surface area contributed by atoms with Crippen molar-refractivity contribution in [2.75, 3.05) is 0 Å². The molecule has 0 amide bonds. The van der Waals surface area contributed by atoms with Crippen molar-refractivity contribution in [1.29, 1.82) is 0 Å². The first kappa shape index (κ1) is 12.9. The van der Waals surface area contributed by atoms with Crippen molar-refractivity contribution in [3.8, 4) is 0 Å². The summed E-state index contributed by atoms with van der Waals surface area (Å²) in [6, 6.07) is 0. The highest BCUT2D eigenvalue weighted by molar-refractivity contribution is 6.36.